The van der Waals surface area contributed by atoms with Crippen molar-refractivity contribution in [1.82, 2.24) is 4.31 Å². The first kappa shape index (κ1) is 14.7. The quantitative estimate of drug-likeness (QED) is 0.870. The van der Waals surface area contributed by atoms with Crippen LogP contribution in [0.15, 0.2) is 53.4 Å². The third kappa shape index (κ3) is 2.64. The monoisotopic (exact) mass is 329 g/mol. The zero-order valence-corrected chi connectivity index (χ0v) is 13.6. The molecule has 2 aliphatic rings. The van der Waals surface area contributed by atoms with Crippen LogP contribution in [0.25, 0.3) is 0 Å². The lowest BCUT2D eigenvalue weighted by Gasteiger charge is -2.17. The van der Waals surface area contributed by atoms with Gasteiger partial charge in [-0.15, -0.1) is 0 Å². The van der Waals surface area contributed by atoms with Crippen LogP contribution in [0.5, 0.6) is 5.75 Å². The first-order valence-electron chi connectivity index (χ1n) is 7.95. The van der Waals surface area contributed by atoms with Crippen molar-refractivity contribution in [3.8, 4) is 5.75 Å². The molecule has 0 bridgehead atoms. The highest BCUT2D eigenvalue weighted by atomic mass is 32.2. The molecular weight excluding hydrogens is 310 g/mol. The maximum atomic E-state index is 12.7. The molecule has 4 rings (SSSR count). The van der Waals surface area contributed by atoms with Gasteiger partial charge in [0.25, 0.3) is 0 Å². The largest absolute Gasteiger partial charge is 0.493 e. The lowest BCUT2D eigenvalue weighted by molar-refractivity contribution is 0.357. The van der Waals surface area contributed by atoms with Gasteiger partial charge in [0.1, 0.15) is 5.75 Å². The van der Waals surface area contributed by atoms with E-state index in [0.717, 1.165) is 25.2 Å². The van der Waals surface area contributed by atoms with E-state index >= 15 is 0 Å². The van der Waals surface area contributed by atoms with E-state index in [4.69, 9.17) is 4.74 Å². The number of rotatable bonds is 3. The van der Waals surface area contributed by atoms with Gasteiger partial charge in [-0.1, -0.05) is 30.3 Å². The second kappa shape index (κ2) is 5.65. The molecule has 0 spiro atoms. The van der Waals surface area contributed by atoms with Crippen molar-refractivity contribution in [3.05, 3.63) is 59.7 Å². The van der Waals surface area contributed by atoms with Gasteiger partial charge in [-0.25, -0.2) is 8.42 Å². The van der Waals surface area contributed by atoms with Crippen molar-refractivity contribution in [2.45, 2.75) is 23.7 Å². The first-order chi connectivity index (χ1) is 11.1. The summed E-state index contributed by atoms with van der Waals surface area (Å²) in [6, 6.07) is 15.0. The minimum Gasteiger partial charge on any atom is -0.493 e. The van der Waals surface area contributed by atoms with Gasteiger partial charge >= 0.3 is 0 Å². The van der Waals surface area contributed by atoms with E-state index < -0.39 is 10.0 Å². The van der Waals surface area contributed by atoms with Gasteiger partial charge in [0.2, 0.25) is 10.0 Å². The fourth-order valence-corrected chi connectivity index (χ4v) is 4.94. The Morgan fingerprint density at radius 1 is 1.09 bits per heavy atom. The summed E-state index contributed by atoms with van der Waals surface area (Å²) in [6.45, 7) is 1.88. The van der Waals surface area contributed by atoms with Crippen LogP contribution >= 0.6 is 0 Å². The van der Waals surface area contributed by atoms with E-state index in [9.17, 15) is 8.42 Å². The molecule has 2 aliphatic heterocycles. The van der Waals surface area contributed by atoms with Crippen molar-refractivity contribution in [1.29, 1.82) is 0 Å². The lowest BCUT2D eigenvalue weighted by Crippen LogP contribution is -2.28. The van der Waals surface area contributed by atoms with Crippen LogP contribution in [0.3, 0.4) is 0 Å². The summed E-state index contributed by atoms with van der Waals surface area (Å²) in [5, 5.41) is 0. The number of sulfonamides is 1. The Labute approximate surface area is 136 Å². The molecule has 5 heteroatoms. The van der Waals surface area contributed by atoms with Crippen LogP contribution in [-0.2, 0) is 16.4 Å². The van der Waals surface area contributed by atoms with E-state index in [0.29, 0.717) is 18.0 Å². The van der Waals surface area contributed by atoms with Crippen LogP contribution in [0.4, 0.5) is 0 Å². The molecule has 4 nitrogen and oxygen atoms in total. The van der Waals surface area contributed by atoms with E-state index in [1.54, 1.807) is 28.6 Å². The van der Waals surface area contributed by atoms with Gasteiger partial charge in [-0.3, -0.25) is 0 Å². The molecule has 1 fully saturated rings. The van der Waals surface area contributed by atoms with Crippen molar-refractivity contribution >= 4 is 10.0 Å². The first-order valence-corrected chi connectivity index (χ1v) is 9.39. The number of benzene rings is 2. The number of fused-ring (bicyclic) bond motifs is 1. The average Bonchev–Trinajstić information content (AvgIpc) is 3.24. The molecule has 2 heterocycles. The van der Waals surface area contributed by atoms with Crippen LogP contribution in [-0.4, -0.2) is 32.4 Å². The summed E-state index contributed by atoms with van der Waals surface area (Å²) in [7, 11) is -3.38. The number of hydrogen-bond acceptors (Lipinski definition) is 3. The molecule has 1 atom stereocenters. The SMILES string of the molecule is O=S(=O)(c1ccccc1)N1CC[C@H](c2ccc3c(c2)CCO3)C1. The number of nitrogens with zero attached hydrogens (tertiary/aromatic N) is 1. The summed E-state index contributed by atoms with van der Waals surface area (Å²) >= 11 is 0. The topological polar surface area (TPSA) is 46.6 Å². The highest BCUT2D eigenvalue weighted by Gasteiger charge is 2.33. The van der Waals surface area contributed by atoms with E-state index in [1.165, 1.54) is 11.1 Å². The molecule has 1 saturated heterocycles. The Morgan fingerprint density at radius 2 is 1.91 bits per heavy atom. The predicted molar refractivity (Wildman–Crippen MR) is 88.2 cm³/mol. The minimum atomic E-state index is -3.38. The summed E-state index contributed by atoms with van der Waals surface area (Å²) in [6.07, 6.45) is 1.81. The molecule has 0 aliphatic carbocycles. The number of ether oxygens (including phenoxy) is 1. The molecule has 2 aromatic carbocycles. The molecule has 0 aromatic heterocycles. The Kier molecular flexibility index (Phi) is 3.62. The summed E-state index contributed by atoms with van der Waals surface area (Å²) in [5.41, 5.74) is 2.46. The standard InChI is InChI=1S/C18H19NO3S/c20-23(21,17-4-2-1-3-5-17)19-10-8-16(13-19)14-6-7-18-15(12-14)9-11-22-18/h1-7,12,16H,8-11,13H2/t16-/m0/s1. The van der Waals surface area contributed by atoms with Crippen molar-refractivity contribution in [3.63, 3.8) is 0 Å². The predicted octanol–water partition coefficient (Wildman–Crippen LogP) is 2.80. The second-order valence-electron chi connectivity index (χ2n) is 6.13. The molecule has 120 valence electrons. The van der Waals surface area contributed by atoms with E-state index in [-0.39, 0.29) is 5.92 Å². The molecule has 0 saturated carbocycles. The zero-order chi connectivity index (χ0) is 15.9. The zero-order valence-electron chi connectivity index (χ0n) is 12.8. The molecule has 0 amide bonds. The Balaban J connectivity index is 1.55. The average molecular weight is 329 g/mol. The summed E-state index contributed by atoms with van der Waals surface area (Å²) in [4.78, 5) is 0.378. The third-order valence-electron chi connectivity index (χ3n) is 4.72. The smallest absolute Gasteiger partial charge is 0.243 e. The van der Waals surface area contributed by atoms with Gasteiger partial charge < -0.3 is 4.74 Å². The molecule has 2 aromatic rings. The highest BCUT2D eigenvalue weighted by molar-refractivity contribution is 7.89. The van der Waals surface area contributed by atoms with Crippen molar-refractivity contribution < 1.29 is 13.2 Å². The van der Waals surface area contributed by atoms with Crippen molar-refractivity contribution in [2.24, 2.45) is 0 Å². The molecule has 0 N–H and O–H groups in total. The fraction of sp³-hybridized carbons (Fsp3) is 0.333. The Morgan fingerprint density at radius 3 is 2.74 bits per heavy atom. The molecule has 0 radical (unpaired) electrons. The molecular formula is C18H19NO3S. The molecule has 23 heavy (non-hydrogen) atoms. The van der Waals surface area contributed by atoms with Crippen LogP contribution in [0.2, 0.25) is 0 Å². The van der Waals surface area contributed by atoms with Crippen molar-refractivity contribution in [2.75, 3.05) is 19.7 Å². The van der Waals surface area contributed by atoms with Gasteiger partial charge in [-0.2, -0.15) is 4.31 Å². The summed E-state index contributed by atoms with van der Waals surface area (Å²) < 4.78 is 32.6. The third-order valence-corrected chi connectivity index (χ3v) is 6.60. The van der Waals surface area contributed by atoms with Crippen LogP contribution in [0, 0.1) is 0 Å². The number of hydrogen-bond donors (Lipinski definition) is 0. The van der Waals surface area contributed by atoms with Gasteiger partial charge in [0, 0.05) is 19.5 Å². The maximum Gasteiger partial charge on any atom is 0.243 e. The minimum absolute atomic E-state index is 0.263. The summed E-state index contributed by atoms with van der Waals surface area (Å²) in [5.74, 6) is 1.24. The fourth-order valence-electron chi connectivity index (χ4n) is 3.42. The van der Waals surface area contributed by atoms with E-state index in [1.807, 2.05) is 12.1 Å². The maximum absolute atomic E-state index is 12.7. The van der Waals surface area contributed by atoms with Gasteiger partial charge in [-0.05, 0) is 41.7 Å². The highest BCUT2D eigenvalue weighted by Crippen LogP contribution is 2.34. The Hall–Kier alpha value is -1.85. The van der Waals surface area contributed by atoms with Gasteiger partial charge in [0.05, 0.1) is 11.5 Å². The normalized spacial score (nSPS) is 21.1. The van der Waals surface area contributed by atoms with Crippen LogP contribution in [0.1, 0.15) is 23.5 Å². The van der Waals surface area contributed by atoms with Crippen LogP contribution < -0.4 is 4.74 Å². The second-order valence-corrected chi connectivity index (χ2v) is 8.07. The Bertz CT molecular complexity index is 817. The molecule has 0 unspecified atom stereocenters. The van der Waals surface area contributed by atoms with Gasteiger partial charge in [0.15, 0.2) is 0 Å². The van der Waals surface area contributed by atoms with E-state index in [2.05, 4.69) is 12.1 Å². The lowest BCUT2D eigenvalue weighted by atomic mass is 9.96.